The number of nitro benzene ring substituents is 1. The van der Waals surface area contributed by atoms with Gasteiger partial charge in [0.1, 0.15) is 6.61 Å². The van der Waals surface area contributed by atoms with Gasteiger partial charge >= 0.3 is 0 Å². The minimum atomic E-state index is -0.972. The van der Waals surface area contributed by atoms with Crippen LogP contribution in [-0.4, -0.2) is 21.8 Å². The zero-order chi connectivity index (χ0) is 18.7. The molecule has 0 N–H and O–H groups in total. The second-order valence-corrected chi connectivity index (χ2v) is 6.39. The van der Waals surface area contributed by atoms with Gasteiger partial charge in [0.25, 0.3) is 17.5 Å². The number of amides is 2. The predicted molar refractivity (Wildman–Crippen MR) is 92.8 cm³/mol. The summed E-state index contributed by atoms with van der Waals surface area (Å²) in [5.74, 6) is -0.844. The van der Waals surface area contributed by atoms with Crippen molar-refractivity contribution in [3.63, 3.8) is 0 Å². The van der Waals surface area contributed by atoms with Gasteiger partial charge in [-0.25, -0.2) is 0 Å². The van der Waals surface area contributed by atoms with Crippen molar-refractivity contribution in [3.8, 4) is 0 Å². The molecule has 0 aromatic heterocycles. The number of hydrogen-bond donors (Lipinski definition) is 0. The van der Waals surface area contributed by atoms with Crippen molar-refractivity contribution in [3.05, 3.63) is 75.8 Å². The Hall–Kier alpha value is -3.06. The van der Waals surface area contributed by atoms with E-state index < -0.39 is 16.2 Å². The van der Waals surface area contributed by atoms with E-state index in [1.54, 1.807) is 19.1 Å². The third-order valence-electron chi connectivity index (χ3n) is 4.64. The zero-order valence-electron chi connectivity index (χ0n) is 14.3. The van der Waals surface area contributed by atoms with E-state index >= 15 is 0 Å². The van der Waals surface area contributed by atoms with Crippen LogP contribution in [0.15, 0.2) is 54.6 Å². The van der Waals surface area contributed by atoms with Crippen molar-refractivity contribution in [2.24, 2.45) is 0 Å². The van der Waals surface area contributed by atoms with Crippen LogP contribution in [0, 0.1) is 10.1 Å². The molecule has 7 heteroatoms. The monoisotopic (exact) mass is 354 g/mol. The van der Waals surface area contributed by atoms with Crippen LogP contribution in [0.4, 0.5) is 5.69 Å². The Balaban J connectivity index is 1.81. The van der Waals surface area contributed by atoms with Crippen LogP contribution in [0.25, 0.3) is 0 Å². The van der Waals surface area contributed by atoms with Gasteiger partial charge in [-0.1, -0.05) is 42.5 Å². The van der Waals surface area contributed by atoms with Crippen molar-refractivity contribution in [2.75, 3.05) is 0 Å². The number of imide groups is 1. The quantitative estimate of drug-likeness (QED) is 0.467. The van der Waals surface area contributed by atoms with Gasteiger partial charge in [0.05, 0.1) is 10.3 Å². The molecule has 1 fully saturated rings. The van der Waals surface area contributed by atoms with E-state index in [4.69, 9.17) is 4.84 Å². The summed E-state index contributed by atoms with van der Waals surface area (Å²) in [5, 5.41) is 11.6. The molecule has 0 spiro atoms. The average Bonchev–Trinajstić information content (AvgIpc) is 2.66. The first kappa shape index (κ1) is 17.8. The van der Waals surface area contributed by atoms with Crippen LogP contribution in [0.5, 0.6) is 0 Å². The molecule has 1 saturated heterocycles. The fourth-order valence-corrected chi connectivity index (χ4v) is 2.97. The lowest BCUT2D eigenvalue weighted by Crippen LogP contribution is -2.52. The molecule has 0 aliphatic carbocycles. The fraction of sp³-hybridized carbons (Fsp3) is 0.263. The first-order valence-electron chi connectivity index (χ1n) is 8.21. The van der Waals surface area contributed by atoms with Crippen LogP contribution >= 0.6 is 0 Å². The molecular formula is C19H18N2O5. The summed E-state index contributed by atoms with van der Waals surface area (Å²) in [7, 11) is 0. The van der Waals surface area contributed by atoms with E-state index in [1.165, 1.54) is 12.1 Å². The minimum absolute atomic E-state index is 0.0473. The van der Waals surface area contributed by atoms with Gasteiger partial charge in [-0.15, -0.1) is 0 Å². The van der Waals surface area contributed by atoms with Gasteiger partial charge in [0.15, 0.2) is 0 Å². The molecule has 0 radical (unpaired) electrons. The molecule has 0 saturated carbocycles. The standard InChI is InChI=1S/C19H18N2O5/c1-19(15-7-9-16(10-8-15)21(24)25)12-11-17(22)20(18(19)23)26-13-14-5-3-2-4-6-14/h2-10H,11-13H2,1H3/t19-/m1/s1. The summed E-state index contributed by atoms with van der Waals surface area (Å²) in [6.45, 7) is 1.83. The SMILES string of the molecule is C[C@]1(c2ccc([N+](=O)[O-])cc2)CCC(=O)N(OCc2ccccc2)C1=O. The predicted octanol–water partition coefficient (Wildman–Crippen LogP) is 3.13. The highest BCUT2D eigenvalue weighted by molar-refractivity contribution is 6.02. The second-order valence-electron chi connectivity index (χ2n) is 6.39. The number of carbonyl (C=O) groups excluding carboxylic acids is 2. The maximum absolute atomic E-state index is 12.9. The molecule has 1 heterocycles. The summed E-state index contributed by atoms with van der Waals surface area (Å²) in [4.78, 5) is 40.9. The number of hydroxylamine groups is 2. The van der Waals surface area contributed by atoms with E-state index in [-0.39, 0.29) is 24.6 Å². The highest BCUT2D eigenvalue weighted by Gasteiger charge is 2.46. The van der Waals surface area contributed by atoms with E-state index in [1.807, 2.05) is 30.3 Å². The van der Waals surface area contributed by atoms with Crippen LogP contribution in [0.2, 0.25) is 0 Å². The molecule has 2 amide bonds. The van der Waals surface area contributed by atoms with Gasteiger partial charge in [-0.3, -0.25) is 24.5 Å². The highest BCUT2D eigenvalue weighted by Crippen LogP contribution is 2.36. The van der Waals surface area contributed by atoms with Gasteiger partial charge < -0.3 is 0 Å². The number of piperidine rings is 1. The summed E-state index contributed by atoms with van der Waals surface area (Å²) in [6, 6.07) is 15.1. The van der Waals surface area contributed by atoms with Gasteiger partial charge in [0, 0.05) is 18.6 Å². The normalized spacial score (nSPS) is 20.3. The number of nitrogens with zero attached hydrogens (tertiary/aromatic N) is 2. The summed E-state index contributed by atoms with van der Waals surface area (Å²) in [5.41, 5.74) is 0.443. The Kier molecular flexibility index (Phi) is 4.81. The molecule has 1 aliphatic rings. The Labute approximate surface area is 150 Å². The third kappa shape index (κ3) is 3.34. The van der Waals surface area contributed by atoms with Crippen molar-refractivity contribution >= 4 is 17.5 Å². The number of benzene rings is 2. The lowest BCUT2D eigenvalue weighted by molar-refractivity contribution is -0.384. The summed E-state index contributed by atoms with van der Waals surface area (Å²) in [6.07, 6.45) is 0.488. The number of non-ortho nitro benzene ring substituents is 1. The molecule has 1 atom stereocenters. The van der Waals surface area contributed by atoms with E-state index in [9.17, 15) is 19.7 Å². The summed E-state index contributed by atoms with van der Waals surface area (Å²) >= 11 is 0. The molecule has 26 heavy (non-hydrogen) atoms. The van der Waals surface area contributed by atoms with Gasteiger partial charge in [0.2, 0.25) is 0 Å². The van der Waals surface area contributed by atoms with Crippen molar-refractivity contribution in [2.45, 2.75) is 31.8 Å². The molecule has 2 aromatic rings. The molecule has 7 nitrogen and oxygen atoms in total. The molecule has 0 unspecified atom stereocenters. The lowest BCUT2D eigenvalue weighted by Gasteiger charge is -2.37. The topological polar surface area (TPSA) is 89.8 Å². The van der Waals surface area contributed by atoms with Crippen molar-refractivity contribution in [1.82, 2.24) is 5.06 Å². The lowest BCUT2D eigenvalue weighted by atomic mass is 9.75. The Bertz CT molecular complexity index is 835. The minimum Gasteiger partial charge on any atom is -0.272 e. The number of hydrogen-bond acceptors (Lipinski definition) is 5. The van der Waals surface area contributed by atoms with E-state index in [0.717, 1.165) is 10.6 Å². The number of rotatable bonds is 5. The number of carbonyl (C=O) groups is 2. The second kappa shape index (κ2) is 7.05. The molecule has 1 aliphatic heterocycles. The van der Waals surface area contributed by atoms with Crippen LogP contribution in [0.3, 0.4) is 0 Å². The maximum atomic E-state index is 12.9. The molecule has 2 aromatic carbocycles. The van der Waals surface area contributed by atoms with Crippen LogP contribution in [0.1, 0.15) is 30.9 Å². The highest BCUT2D eigenvalue weighted by atomic mass is 16.7. The summed E-state index contributed by atoms with van der Waals surface area (Å²) < 4.78 is 0. The van der Waals surface area contributed by atoms with Crippen molar-refractivity contribution < 1.29 is 19.3 Å². The van der Waals surface area contributed by atoms with Gasteiger partial charge in [-0.05, 0) is 24.5 Å². The first-order valence-corrected chi connectivity index (χ1v) is 8.21. The zero-order valence-corrected chi connectivity index (χ0v) is 14.3. The molecule has 3 rings (SSSR count). The van der Waals surface area contributed by atoms with E-state index in [0.29, 0.717) is 12.0 Å². The smallest absolute Gasteiger partial charge is 0.269 e. The maximum Gasteiger partial charge on any atom is 0.269 e. The van der Waals surface area contributed by atoms with Crippen LogP contribution < -0.4 is 0 Å². The first-order chi connectivity index (χ1) is 12.4. The Morgan fingerprint density at radius 3 is 2.38 bits per heavy atom. The van der Waals surface area contributed by atoms with Gasteiger partial charge in [-0.2, -0.15) is 5.06 Å². The Morgan fingerprint density at radius 1 is 1.12 bits per heavy atom. The van der Waals surface area contributed by atoms with Crippen molar-refractivity contribution in [1.29, 1.82) is 0 Å². The third-order valence-corrected chi connectivity index (χ3v) is 4.64. The largest absolute Gasteiger partial charge is 0.272 e. The molecule has 134 valence electrons. The van der Waals surface area contributed by atoms with E-state index in [2.05, 4.69) is 0 Å². The molecule has 0 bridgehead atoms. The molecular weight excluding hydrogens is 336 g/mol. The average molecular weight is 354 g/mol. The fourth-order valence-electron chi connectivity index (χ4n) is 2.97. The number of nitro groups is 1. The Morgan fingerprint density at radius 2 is 1.77 bits per heavy atom. The van der Waals surface area contributed by atoms with Crippen LogP contribution in [-0.2, 0) is 26.4 Å².